The third-order valence-corrected chi connectivity index (χ3v) is 2.10. The maximum Gasteiger partial charge on any atom is 0.391 e. The van der Waals surface area contributed by atoms with Crippen molar-refractivity contribution in [1.82, 2.24) is 0 Å². The zero-order valence-electron chi connectivity index (χ0n) is 7.91. The highest BCUT2D eigenvalue weighted by Crippen LogP contribution is 2.31. The summed E-state index contributed by atoms with van der Waals surface area (Å²) in [6.45, 7) is 5.13. The van der Waals surface area contributed by atoms with Crippen LogP contribution in [0.5, 0.6) is 0 Å². The zero-order valence-corrected chi connectivity index (χ0v) is 7.91. The molecule has 0 radical (unpaired) electrons. The minimum absolute atomic E-state index is 0.187. The largest absolute Gasteiger partial charge is 0.391 e. The molecule has 12 heavy (non-hydrogen) atoms. The summed E-state index contributed by atoms with van der Waals surface area (Å²) in [5, 5.41) is 0. The Morgan fingerprint density at radius 3 is 2.00 bits per heavy atom. The summed E-state index contributed by atoms with van der Waals surface area (Å²) in [6, 6.07) is 0. The lowest BCUT2D eigenvalue weighted by atomic mass is 9.93. The Morgan fingerprint density at radius 1 is 1.17 bits per heavy atom. The van der Waals surface area contributed by atoms with Crippen molar-refractivity contribution in [2.45, 2.75) is 46.2 Å². The van der Waals surface area contributed by atoms with Gasteiger partial charge in [0.1, 0.15) is 0 Å². The highest BCUT2D eigenvalue weighted by Gasteiger charge is 2.36. The molecule has 0 aliphatic heterocycles. The highest BCUT2D eigenvalue weighted by atomic mass is 19.4. The number of rotatable bonds is 4. The summed E-state index contributed by atoms with van der Waals surface area (Å²) in [5.74, 6) is -0.967. The molecule has 0 N–H and O–H groups in total. The summed E-state index contributed by atoms with van der Waals surface area (Å²) >= 11 is 0. The normalized spacial score (nSPS) is 17.5. The van der Waals surface area contributed by atoms with Gasteiger partial charge in [0.05, 0.1) is 5.92 Å². The van der Waals surface area contributed by atoms with Crippen LogP contribution in [0.1, 0.15) is 40.0 Å². The predicted molar refractivity (Wildman–Crippen MR) is 43.9 cm³/mol. The molecule has 0 rings (SSSR count). The minimum atomic E-state index is -4.01. The van der Waals surface area contributed by atoms with Gasteiger partial charge in [0.15, 0.2) is 0 Å². The van der Waals surface area contributed by atoms with Gasteiger partial charge >= 0.3 is 6.18 Å². The lowest BCUT2D eigenvalue weighted by molar-refractivity contribution is -0.173. The van der Waals surface area contributed by atoms with Gasteiger partial charge in [-0.25, -0.2) is 0 Å². The molecule has 0 aromatic rings. The third-order valence-electron chi connectivity index (χ3n) is 2.10. The molecule has 2 atom stereocenters. The second-order valence-electron chi connectivity index (χ2n) is 3.57. The van der Waals surface area contributed by atoms with Crippen LogP contribution in [-0.2, 0) is 0 Å². The first-order valence-corrected chi connectivity index (χ1v) is 4.44. The number of alkyl halides is 3. The Kier molecular flexibility index (Phi) is 4.64. The summed E-state index contributed by atoms with van der Waals surface area (Å²) in [7, 11) is 0. The Labute approximate surface area is 72.2 Å². The first-order valence-electron chi connectivity index (χ1n) is 4.44. The van der Waals surface area contributed by atoms with E-state index in [9.17, 15) is 13.2 Å². The maximum absolute atomic E-state index is 12.0. The number of hydrogen-bond acceptors (Lipinski definition) is 0. The lowest BCUT2D eigenvalue weighted by Gasteiger charge is -2.19. The molecule has 0 aliphatic rings. The minimum Gasteiger partial charge on any atom is -0.171 e. The number of halogens is 3. The third kappa shape index (κ3) is 4.62. The first kappa shape index (κ1) is 11.8. The van der Waals surface area contributed by atoms with Gasteiger partial charge in [-0.2, -0.15) is 13.2 Å². The van der Waals surface area contributed by atoms with Crippen molar-refractivity contribution in [1.29, 1.82) is 0 Å². The molecule has 0 nitrogen and oxygen atoms in total. The fourth-order valence-corrected chi connectivity index (χ4v) is 1.35. The van der Waals surface area contributed by atoms with E-state index in [0.717, 1.165) is 12.8 Å². The van der Waals surface area contributed by atoms with Gasteiger partial charge in [-0.05, 0) is 12.3 Å². The molecule has 0 saturated heterocycles. The predicted octanol–water partition coefficient (Wildman–Crippen LogP) is 4.01. The molecule has 0 heterocycles. The van der Waals surface area contributed by atoms with Crippen molar-refractivity contribution in [2.24, 2.45) is 11.8 Å². The summed E-state index contributed by atoms with van der Waals surface area (Å²) in [5.41, 5.74) is 0. The standard InChI is InChI=1S/C9H17F3/c1-4-5-7(2)6-8(3)9(10,11)12/h7-8H,4-6H2,1-3H3. The maximum atomic E-state index is 12.0. The molecule has 0 spiro atoms. The van der Waals surface area contributed by atoms with Crippen molar-refractivity contribution >= 4 is 0 Å². The Hall–Kier alpha value is -0.210. The average molecular weight is 182 g/mol. The van der Waals surface area contributed by atoms with Gasteiger partial charge in [-0.15, -0.1) is 0 Å². The SMILES string of the molecule is CCCC(C)CC(C)C(F)(F)F. The van der Waals surface area contributed by atoms with E-state index in [2.05, 4.69) is 0 Å². The molecule has 74 valence electrons. The molecular weight excluding hydrogens is 165 g/mol. The van der Waals surface area contributed by atoms with E-state index >= 15 is 0 Å². The Bertz CT molecular complexity index is 117. The van der Waals surface area contributed by atoms with Crippen molar-refractivity contribution < 1.29 is 13.2 Å². The molecule has 0 bridgehead atoms. The molecule has 3 heteroatoms. The summed E-state index contributed by atoms with van der Waals surface area (Å²) in [6.07, 6.45) is -1.90. The van der Waals surface area contributed by atoms with Crippen LogP contribution in [0, 0.1) is 11.8 Å². The average Bonchev–Trinajstić information content (AvgIpc) is 1.85. The van der Waals surface area contributed by atoms with Crippen LogP contribution in [-0.4, -0.2) is 6.18 Å². The molecule has 0 saturated carbocycles. The van der Waals surface area contributed by atoms with Gasteiger partial charge in [-0.3, -0.25) is 0 Å². The van der Waals surface area contributed by atoms with Crippen LogP contribution in [0.15, 0.2) is 0 Å². The van der Waals surface area contributed by atoms with Gasteiger partial charge < -0.3 is 0 Å². The van der Waals surface area contributed by atoms with Gasteiger partial charge in [0.25, 0.3) is 0 Å². The second-order valence-corrected chi connectivity index (χ2v) is 3.57. The Balaban J connectivity index is 3.76. The fourth-order valence-electron chi connectivity index (χ4n) is 1.35. The highest BCUT2D eigenvalue weighted by molar-refractivity contribution is 4.65. The van der Waals surface area contributed by atoms with Crippen molar-refractivity contribution in [2.75, 3.05) is 0 Å². The monoisotopic (exact) mass is 182 g/mol. The quantitative estimate of drug-likeness (QED) is 0.616. The van der Waals surface area contributed by atoms with Crippen LogP contribution >= 0.6 is 0 Å². The fraction of sp³-hybridized carbons (Fsp3) is 1.00. The van der Waals surface area contributed by atoms with Crippen LogP contribution in [0.25, 0.3) is 0 Å². The molecular formula is C9H17F3. The lowest BCUT2D eigenvalue weighted by Crippen LogP contribution is -2.21. The molecule has 0 aromatic carbocycles. The van der Waals surface area contributed by atoms with E-state index in [4.69, 9.17) is 0 Å². The van der Waals surface area contributed by atoms with E-state index in [1.165, 1.54) is 6.92 Å². The van der Waals surface area contributed by atoms with Crippen LogP contribution in [0.3, 0.4) is 0 Å². The van der Waals surface area contributed by atoms with E-state index in [0.29, 0.717) is 0 Å². The molecule has 0 amide bonds. The van der Waals surface area contributed by atoms with Crippen LogP contribution in [0.2, 0.25) is 0 Å². The first-order chi connectivity index (χ1) is 5.38. The zero-order chi connectivity index (χ0) is 9.78. The van der Waals surface area contributed by atoms with Crippen LogP contribution in [0.4, 0.5) is 13.2 Å². The van der Waals surface area contributed by atoms with Crippen molar-refractivity contribution in [3.05, 3.63) is 0 Å². The van der Waals surface area contributed by atoms with E-state index in [-0.39, 0.29) is 12.3 Å². The van der Waals surface area contributed by atoms with E-state index < -0.39 is 12.1 Å². The van der Waals surface area contributed by atoms with Crippen molar-refractivity contribution in [3.63, 3.8) is 0 Å². The van der Waals surface area contributed by atoms with E-state index in [1.807, 2.05) is 13.8 Å². The van der Waals surface area contributed by atoms with Gasteiger partial charge in [0, 0.05) is 0 Å². The number of hydrogen-bond donors (Lipinski definition) is 0. The summed E-state index contributed by atoms with van der Waals surface area (Å²) in [4.78, 5) is 0. The van der Waals surface area contributed by atoms with Crippen molar-refractivity contribution in [3.8, 4) is 0 Å². The van der Waals surface area contributed by atoms with Gasteiger partial charge in [0.2, 0.25) is 0 Å². The molecule has 0 fully saturated rings. The molecule has 0 aromatic heterocycles. The van der Waals surface area contributed by atoms with E-state index in [1.54, 1.807) is 0 Å². The smallest absolute Gasteiger partial charge is 0.171 e. The molecule has 2 unspecified atom stereocenters. The Morgan fingerprint density at radius 2 is 1.67 bits per heavy atom. The summed E-state index contributed by atoms with van der Waals surface area (Å²) < 4.78 is 36.1. The molecule has 0 aliphatic carbocycles. The van der Waals surface area contributed by atoms with Gasteiger partial charge in [-0.1, -0.05) is 33.6 Å². The van der Waals surface area contributed by atoms with Crippen LogP contribution < -0.4 is 0 Å². The second kappa shape index (κ2) is 4.73. The topological polar surface area (TPSA) is 0 Å².